The van der Waals surface area contributed by atoms with E-state index in [1.165, 1.54) is 11.3 Å². The fourth-order valence-electron chi connectivity index (χ4n) is 1.72. The Bertz CT molecular complexity index is 604. The third kappa shape index (κ3) is 4.10. The molecule has 0 aromatic carbocycles. The lowest BCUT2D eigenvalue weighted by Crippen LogP contribution is -2.09. The second kappa shape index (κ2) is 7.31. The summed E-state index contributed by atoms with van der Waals surface area (Å²) in [6.07, 6.45) is 1.44. The first-order chi connectivity index (χ1) is 10.1. The molecule has 0 radical (unpaired) electrons. The highest BCUT2D eigenvalue weighted by Crippen LogP contribution is 2.21. The number of pyridine rings is 1. The van der Waals surface area contributed by atoms with Crippen molar-refractivity contribution in [3.8, 4) is 5.88 Å². The lowest BCUT2D eigenvalue weighted by atomic mass is 10.3. The van der Waals surface area contributed by atoms with E-state index in [1.54, 1.807) is 5.51 Å². The highest BCUT2D eigenvalue weighted by Gasteiger charge is 2.13. The predicted octanol–water partition coefficient (Wildman–Crippen LogP) is 3.57. The monoisotopic (exact) mass is 313 g/mol. The molecule has 0 fully saturated rings. The zero-order valence-corrected chi connectivity index (χ0v) is 12.8. The molecule has 21 heavy (non-hydrogen) atoms. The van der Waals surface area contributed by atoms with Gasteiger partial charge in [-0.3, -0.25) is 0 Å². The number of nitrogens with one attached hydrogen (secondary N) is 1. The van der Waals surface area contributed by atoms with Gasteiger partial charge < -0.3 is 10.1 Å². The van der Waals surface area contributed by atoms with Gasteiger partial charge in [-0.05, 0) is 13.3 Å². The van der Waals surface area contributed by atoms with Gasteiger partial charge in [0.2, 0.25) is 0 Å². The standard InChI is InChI=1S/C14H17F2N3OS/c1-3-5-17-13-10(15)7-11(16)14(19-13)20-6-4-12-9(2)18-8-21-12/h7-8H,3-6H2,1-2H3,(H,17,19). The van der Waals surface area contributed by atoms with E-state index in [0.29, 0.717) is 13.0 Å². The van der Waals surface area contributed by atoms with Crippen LogP contribution in [-0.4, -0.2) is 23.1 Å². The lowest BCUT2D eigenvalue weighted by molar-refractivity contribution is 0.291. The van der Waals surface area contributed by atoms with Gasteiger partial charge in [-0.2, -0.15) is 4.98 Å². The molecular formula is C14H17F2N3OS. The van der Waals surface area contributed by atoms with Crippen molar-refractivity contribution in [2.45, 2.75) is 26.7 Å². The fourth-order valence-corrected chi connectivity index (χ4v) is 2.49. The number of ether oxygens (including phenoxy) is 1. The zero-order valence-electron chi connectivity index (χ0n) is 11.9. The number of thiazole rings is 1. The second-order valence-corrected chi connectivity index (χ2v) is 5.43. The Morgan fingerprint density at radius 1 is 1.33 bits per heavy atom. The molecule has 0 unspecified atom stereocenters. The molecule has 0 bridgehead atoms. The summed E-state index contributed by atoms with van der Waals surface area (Å²) >= 11 is 1.53. The quantitative estimate of drug-likeness (QED) is 0.849. The minimum atomic E-state index is -0.796. The fraction of sp³-hybridized carbons (Fsp3) is 0.429. The van der Waals surface area contributed by atoms with E-state index in [1.807, 2.05) is 13.8 Å². The maximum Gasteiger partial charge on any atom is 0.252 e. The van der Waals surface area contributed by atoms with Crippen molar-refractivity contribution in [3.05, 3.63) is 33.8 Å². The summed E-state index contributed by atoms with van der Waals surface area (Å²) in [4.78, 5) is 9.07. The maximum atomic E-state index is 13.6. The Hall–Kier alpha value is -1.76. The van der Waals surface area contributed by atoms with Crippen LogP contribution in [0.3, 0.4) is 0 Å². The molecule has 0 atom stereocenters. The van der Waals surface area contributed by atoms with Crippen molar-refractivity contribution in [2.24, 2.45) is 0 Å². The van der Waals surface area contributed by atoms with Gasteiger partial charge in [0.25, 0.3) is 5.88 Å². The molecule has 0 amide bonds. The van der Waals surface area contributed by atoms with Gasteiger partial charge in [0.05, 0.1) is 17.8 Å². The number of nitrogens with zero attached hydrogens (tertiary/aromatic N) is 2. The van der Waals surface area contributed by atoms with Crippen LogP contribution in [0, 0.1) is 18.6 Å². The number of hydrogen-bond donors (Lipinski definition) is 1. The van der Waals surface area contributed by atoms with Gasteiger partial charge in [0.15, 0.2) is 17.5 Å². The van der Waals surface area contributed by atoms with Crippen LogP contribution >= 0.6 is 11.3 Å². The van der Waals surface area contributed by atoms with Crippen molar-refractivity contribution in [1.82, 2.24) is 9.97 Å². The molecule has 114 valence electrons. The second-order valence-electron chi connectivity index (χ2n) is 4.49. The van der Waals surface area contributed by atoms with E-state index in [-0.39, 0.29) is 18.3 Å². The third-order valence-corrected chi connectivity index (χ3v) is 3.85. The number of anilines is 1. The van der Waals surface area contributed by atoms with Crippen molar-refractivity contribution < 1.29 is 13.5 Å². The van der Waals surface area contributed by atoms with Gasteiger partial charge in [0, 0.05) is 23.9 Å². The molecule has 0 saturated carbocycles. The minimum absolute atomic E-state index is 0.0159. The predicted molar refractivity (Wildman–Crippen MR) is 79.0 cm³/mol. The van der Waals surface area contributed by atoms with Crippen LogP contribution in [0.2, 0.25) is 0 Å². The van der Waals surface area contributed by atoms with Crippen LogP contribution in [0.25, 0.3) is 0 Å². The Kier molecular flexibility index (Phi) is 5.44. The van der Waals surface area contributed by atoms with E-state index in [0.717, 1.165) is 23.1 Å². The van der Waals surface area contributed by atoms with E-state index < -0.39 is 11.6 Å². The summed E-state index contributed by atoms with van der Waals surface area (Å²) in [6.45, 7) is 4.69. The molecule has 0 aliphatic carbocycles. The van der Waals surface area contributed by atoms with Crippen molar-refractivity contribution in [2.75, 3.05) is 18.5 Å². The first-order valence-corrected chi connectivity index (χ1v) is 7.61. The maximum absolute atomic E-state index is 13.6. The molecule has 2 heterocycles. The van der Waals surface area contributed by atoms with Crippen LogP contribution in [-0.2, 0) is 6.42 Å². The number of rotatable bonds is 7. The Morgan fingerprint density at radius 2 is 2.14 bits per heavy atom. The van der Waals surface area contributed by atoms with Crippen LogP contribution < -0.4 is 10.1 Å². The molecule has 0 aliphatic heterocycles. The van der Waals surface area contributed by atoms with E-state index in [4.69, 9.17) is 4.74 Å². The van der Waals surface area contributed by atoms with Crippen molar-refractivity contribution in [3.63, 3.8) is 0 Å². The van der Waals surface area contributed by atoms with Gasteiger partial charge in [-0.15, -0.1) is 11.3 Å². The summed E-state index contributed by atoms with van der Waals surface area (Å²) in [5, 5.41) is 2.80. The lowest BCUT2D eigenvalue weighted by Gasteiger charge is -2.10. The van der Waals surface area contributed by atoms with E-state index >= 15 is 0 Å². The molecule has 0 aliphatic rings. The minimum Gasteiger partial charge on any atom is -0.475 e. The van der Waals surface area contributed by atoms with Gasteiger partial charge in [0.1, 0.15) is 0 Å². The smallest absolute Gasteiger partial charge is 0.252 e. The van der Waals surface area contributed by atoms with Crippen LogP contribution in [0.4, 0.5) is 14.6 Å². The molecule has 0 spiro atoms. The number of halogens is 2. The Morgan fingerprint density at radius 3 is 2.81 bits per heavy atom. The largest absolute Gasteiger partial charge is 0.475 e. The molecule has 2 aromatic heterocycles. The molecule has 1 N–H and O–H groups in total. The first kappa shape index (κ1) is 15.6. The summed E-state index contributed by atoms with van der Waals surface area (Å²) < 4.78 is 32.5. The SMILES string of the molecule is CCCNc1nc(OCCc2scnc2C)c(F)cc1F. The molecule has 4 nitrogen and oxygen atoms in total. The van der Waals surface area contributed by atoms with Crippen LogP contribution in [0.1, 0.15) is 23.9 Å². The first-order valence-electron chi connectivity index (χ1n) is 6.73. The molecule has 2 rings (SSSR count). The Labute approximate surface area is 126 Å². The third-order valence-electron chi connectivity index (χ3n) is 2.85. The number of aryl methyl sites for hydroxylation is 1. The van der Waals surface area contributed by atoms with Crippen molar-refractivity contribution >= 4 is 17.2 Å². The summed E-state index contributed by atoms with van der Waals surface area (Å²) in [5.41, 5.74) is 2.70. The number of aromatic nitrogens is 2. The average molecular weight is 313 g/mol. The molecular weight excluding hydrogens is 296 g/mol. The highest BCUT2D eigenvalue weighted by atomic mass is 32.1. The van der Waals surface area contributed by atoms with E-state index in [9.17, 15) is 8.78 Å². The normalized spacial score (nSPS) is 10.7. The average Bonchev–Trinajstić information content (AvgIpc) is 2.85. The van der Waals surface area contributed by atoms with Crippen molar-refractivity contribution in [1.29, 1.82) is 0 Å². The number of hydrogen-bond acceptors (Lipinski definition) is 5. The summed E-state index contributed by atoms with van der Waals surface area (Å²) in [7, 11) is 0. The highest BCUT2D eigenvalue weighted by molar-refractivity contribution is 7.09. The molecule has 0 saturated heterocycles. The summed E-state index contributed by atoms with van der Waals surface area (Å²) in [5.74, 6) is -1.68. The zero-order chi connectivity index (χ0) is 15.2. The van der Waals surface area contributed by atoms with Gasteiger partial charge in [-0.25, -0.2) is 13.8 Å². The van der Waals surface area contributed by atoms with Crippen LogP contribution in [0.5, 0.6) is 5.88 Å². The molecule has 2 aromatic rings. The van der Waals surface area contributed by atoms with Gasteiger partial charge >= 0.3 is 0 Å². The molecule has 7 heteroatoms. The van der Waals surface area contributed by atoms with E-state index in [2.05, 4.69) is 15.3 Å². The Balaban J connectivity index is 2.00. The summed E-state index contributed by atoms with van der Waals surface area (Å²) in [6, 6.07) is 0.790. The van der Waals surface area contributed by atoms with Gasteiger partial charge in [-0.1, -0.05) is 6.92 Å². The topological polar surface area (TPSA) is 47.0 Å². The van der Waals surface area contributed by atoms with Crippen LogP contribution in [0.15, 0.2) is 11.6 Å².